The van der Waals surface area contributed by atoms with Gasteiger partial charge in [0.2, 0.25) is 0 Å². The van der Waals surface area contributed by atoms with Gasteiger partial charge >= 0.3 is 0 Å². The number of carbonyl (C=O) groups excluding carboxylic acids is 1. The molecule has 2 aromatic rings. The summed E-state index contributed by atoms with van der Waals surface area (Å²) in [5, 5.41) is 22.7. The molecule has 1 amide bonds. The van der Waals surface area contributed by atoms with E-state index in [1.807, 2.05) is 6.07 Å². The van der Waals surface area contributed by atoms with Crippen LogP contribution in [0.2, 0.25) is 0 Å². The van der Waals surface area contributed by atoms with Gasteiger partial charge in [0.1, 0.15) is 11.6 Å². The fraction of sp³-hybridized carbons (Fsp3) is 0.238. The van der Waals surface area contributed by atoms with Crippen molar-refractivity contribution in [1.29, 1.82) is 5.26 Å². The number of nitrogens with one attached hydrogen (secondary N) is 1. The van der Waals surface area contributed by atoms with Gasteiger partial charge in [0, 0.05) is 17.8 Å². The van der Waals surface area contributed by atoms with E-state index in [0.717, 1.165) is 12.8 Å². The van der Waals surface area contributed by atoms with E-state index in [4.69, 9.17) is 9.47 Å². The van der Waals surface area contributed by atoms with Crippen LogP contribution in [0.3, 0.4) is 0 Å². The molecule has 0 saturated heterocycles. The Balaban J connectivity index is 2.20. The van der Waals surface area contributed by atoms with E-state index in [1.54, 1.807) is 18.2 Å². The van der Waals surface area contributed by atoms with Gasteiger partial charge < -0.3 is 14.8 Å². The molecule has 0 aliphatic rings. The van der Waals surface area contributed by atoms with E-state index >= 15 is 0 Å². The number of hydrogen-bond donors (Lipinski definition) is 1. The second-order valence-electron chi connectivity index (χ2n) is 6.04. The Morgan fingerprint density at radius 2 is 2.07 bits per heavy atom. The summed E-state index contributed by atoms with van der Waals surface area (Å²) in [4.78, 5) is 22.7. The molecule has 0 bridgehead atoms. The first-order chi connectivity index (χ1) is 14.0. The Hall–Kier alpha value is -3.86. The molecule has 0 fully saturated rings. The van der Waals surface area contributed by atoms with E-state index in [9.17, 15) is 20.2 Å². The van der Waals surface area contributed by atoms with Gasteiger partial charge in [-0.1, -0.05) is 25.5 Å². The van der Waals surface area contributed by atoms with Crippen LogP contribution in [0.15, 0.2) is 48.0 Å². The van der Waals surface area contributed by atoms with Gasteiger partial charge in [-0.3, -0.25) is 14.9 Å². The Morgan fingerprint density at radius 1 is 1.28 bits per heavy atom. The minimum absolute atomic E-state index is 0.154. The minimum atomic E-state index is -0.671. The number of rotatable bonds is 9. The Bertz CT molecular complexity index is 963. The predicted octanol–water partition coefficient (Wildman–Crippen LogP) is 4.33. The lowest BCUT2D eigenvalue weighted by molar-refractivity contribution is -0.384. The molecule has 29 heavy (non-hydrogen) atoms. The first-order valence-corrected chi connectivity index (χ1v) is 8.97. The predicted molar refractivity (Wildman–Crippen MR) is 109 cm³/mol. The van der Waals surface area contributed by atoms with Crippen LogP contribution in [0, 0.1) is 21.4 Å². The molecule has 0 saturated carbocycles. The van der Waals surface area contributed by atoms with Crippen LogP contribution in [0.4, 0.5) is 11.4 Å². The molecule has 0 aliphatic carbocycles. The second-order valence-corrected chi connectivity index (χ2v) is 6.04. The van der Waals surface area contributed by atoms with Crippen LogP contribution < -0.4 is 14.8 Å². The number of methoxy groups -OCH3 is 1. The SMILES string of the molecule is CCCCOc1ccc(/C=C(\C#N)C(=O)Nc2cccc([N+](=O)[O-])c2)cc1OC. The van der Waals surface area contributed by atoms with Crippen molar-refractivity contribution in [2.45, 2.75) is 19.8 Å². The quantitative estimate of drug-likeness (QED) is 0.222. The molecule has 0 aromatic heterocycles. The number of unbranched alkanes of at least 4 members (excludes halogenated alkanes) is 1. The van der Waals surface area contributed by atoms with Gasteiger partial charge in [-0.2, -0.15) is 5.26 Å². The molecule has 0 heterocycles. The fourth-order valence-electron chi connectivity index (χ4n) is 2.43. The third-order valence-corrected chi connectivity index (χ3v) is 3.93. The average molecular weight is 395 g/mol. The summed E-state index contributed by atoms with van der Waals surface area (Å²) >= 11 is 0. The van der Waals surface area contributed by atoms with Gasteiger partial charge in [-0.25, -0.2) is 0 Å². The van der Waals surface area contributed by atoms with Crippen molar-refractivity contribution in [2.24, 2.45) is 0 Å². The highest BCUT2D eigenvalue weighted by Crippen LogP contribution is 2.29. The maximum atomic E-state index is 12.4. The number of amides is 1. The molecular weight excluding hydrogens is 374 g/mol. The van der Waals surface area contributed by atoms with E-state index in [-0.39, 0.29) is 16.9 Å². The summed E-state index contributed by atoms with van der Waals surface area (Å²) in [7, 11) is 1.51. The van der Waals surface area contributed by atoms with Crippen LogP contribution in [-0.4, -0.2) is 24.5 Å². The van der Waals surface area contributed by atoms with Crippen molar-refractivity contribution in [2.75, 3.05) is 19.0 Å². The molecule has 1 N–H and O–H groups in total. The Labute approximate surface area is 168 Å². The average Bonchev–Trinajstić information content (AvgIpc) is 2.72. The first kappa shape index (κ1) is 21.4. The number of benzene rings is 2. The molecule has 0 aliphatic heterocycles. The summed E-state index contributed by atoms with van der Waals surface area (Å²) in [6.45, 7) is 2.63. The van der Waals surface area contributed by atoms with Gasteiger partial charge in [0.05, 0.1) is 18.6 Å². The fourth-order valence-corrected chi connectivity index (χ4v) is 2.43. The molecule has 8 nitrogen and oxygen atoms in total. The zero-order valence-electron chi connectivity index (χ0n) is 16.2. The van der Waals surface area contributed by atoms with Crippen LogP contribution in [0.25, 0.3) is 6.08 Å². The maximum Gasteiger partial charge on any atom is 0.271 e. The highest BCUT2D eigenvalue weighted by Gasteiger charge is 2.13. The number of carbonyl (C=O) groups is 1. The van der Waals surface area contributed by atoms with Crippen LogP contribution >= 0.6 is 0 Å². The van der Waals surface area contributed by atoms with E-state index in [2.05, 4.69) is 12.2 Å². The molecule has 0 unspecified atom stereocenters. The molecule has 2 aromatic carbocycles. The smallest absolute Gasteiger partial charge is 0.271 e. The second kappa shape index (κ2) is 10.5. The maximum absolute atomic E-state index is 12.4. The summed E-state index contributed by atoms with van der Waals surface area (Å²) in [5.41, 5.74) is 0.491. The lowest BCUT2D eigenvalue weighted by Gasteiger charge is -2.11. The van der Waals surface area contributed by atoms with Crippen LogP contribution in [0.5, 0.6) is 11.5 Å². The van der Waals surface area contributed by atoms with Crippen LogP contribution in [0.1, 0.15) is 25.3 Å². The Kier molecular flexibility index (Phi) is 7.74. The standard InChI is InChI=1S/C21H21N3O5/c1-3-4-10-29-19-9-8-15(12-20(19)28-2)11-16(14-22)21(25)23-17-6-5-7-18(13-17)24(26)27/h5-9,11-13H,3-4,10H2,1-2H3,(H,23,25)/b16-11+. The van der Waals surface area contributed by atoms with Crippen LogP contribution in [-0.2, 0) is 4.79 Å². The number of nitro groups is 1. The van der Waals surface area contributed by atoms with Crippen molar-refractivity contribution < 1.29 is 19.2 Å². The van der Waals surface area contributed by atoms with Gasteiger partial charge in [0.15, 0.2) is 11.5 Å². The monoisotopic (exact) mass is 395 g/mol. The molecule has 0 atom stereocenters. The number of non-ortho nitro benzene ring substituents is 1. The number of nitriles is 1. The first-order valence-electron chi connectivity index (χ1n) is 8.97. The van der Waals surface area contributed by atoms with Crippen molar-refractivity contribution in [3.05, 3.63) is 63.7 Å². The molecule has 8 heteroatoms. The van der Waals surface area contributed by atoms with Gasteiger partial charge in [-0.15, -0.1) is 0 Å². The lowest BCUT2D eigenvalue weighted by Crippen LogP contribution is -2.13. The zero-order valence-corrected chi connectivity index (χ0v) is 16.2. The number of anilines is 1. The molecule has 0 radical (unpaired) electrons. The summed E-state index contributed by atoms with van der Waals surface area (Å²) < 4.78 is 11.0. The number of nitrogens with zero attached hydrogens (tertiary/aromatic N) is 2. The van der Waals surface area contributed by atoms with E-state index < -0.39 is 10.8 Å². The topological polar surface area (TPSA) is 114 Å². The third kappa shape index (κ3) is 6.07. The molecule has 2 rings (SSSR count). The van der Waals surface area contributed by atoms with E-state index in [1.165, 1.54) is 37.5 Å². The molecular formula is C21H21N3O5. The highest BCUT2D eigenvalue weighted by atomic mass is 16.6. The number of hydrogen-bond acceptors (Lipinski definition) is 6. The number of nitro benzene ring substituents is 1. The summed E-state index contributed by atoms with van der Waals surface area (Å²) in [5.74, 6) is 0.402. The zero-order chi connectivity index (χ0) is 21.2. The largest absolute Gasteiger partial charge is 0.493 e. The van der Waals surface area contributed by atoms with Gasteiger partial charge in [-0.05, 0) is 36.3 Å². The third-order valence-electron chi connectivity index (χ3n) is 3.93. The molecule has 0 spiro atoms. The van der Waals surface area contributed by atoms with Crippen molar-refractivity contribution in [3.63, 3.8) is 0 Å². The van der Waals surface area contributed by atoms with Gasteiger partial charge in [0.25, 0.3) is 11.6 Å². The van der Waals surface area contributed by atoms with Crippen molar-refractivity contribution in [1.82, 2.24) is 0 Å². The van der Waals surface area contributed by atoms with Crippen molar-refractivity contribution >= 4 is 23.4 Å². The highest BCUT2D eigenvalue weighted by molar-refractivity contribution is 6.09. The van der Waals surface area contributed by atoms with Crippen molar-refractivity contribution in [3.8, 4) is 17.6 Å². The van der Waals surface area contributed by atoms with E-state index in [0.29, 0.717) is 23.7 Å². The Morgan fingerprint density at radius 3 is 2.72 bits per heavy atom. The molecule has 150 valence electrons. The lowest BCUT2D eigenvalue weighted by atomic mass is 10.1. The summed E-state index contributed by atoms with van der Waals surface area (Å²) in [6.07, 6.45) is 3.33. The number of ether oxygens (including phenoxy) is 2. The normalized spacial score (nSPS) is 10.7. The minimum Gasteiger partial charge on any atom is -0.493 e. The summed E-state index contributed by atoms with van der Waals surface area (Å²) in [6, 6.07) is 12.4.